The van der Waals surface area contributed by atoms with Gasteiger partial charge in [-0.25, -0.2) is 17.9 Å². The standard InChI is InChI=1S/C22H21F3N6O4S/c23-13-6-11(7-14(24)17(13)25)15-9-31(29-27-15)18-19(33)16(3-4-32)35-21(20(18)34)22-28-26-10-30(22)8-12-2-1-5-36-12/h1-2,5-7,9-10,16,18-21,32-34H,3-4,8H2/t16-,18+,19+,20-,21-/m1/s1. The van der Waals surface area contributed by atoms with Crippen LogP contribution in [0.5, 0.6) is 0 Å². The van der Waals surface area contributed by atoms with Gasteiger partial charge in [0.1, 0.15) is 36.4 Å². The fourth-order valence-electron chi connectivity index (χ4n) is 4.28. The molecule has 1 aliphatic heterocycles. The normalized spacial score (nSPS) is 24.3. The smallest absolute Gasteiger partial charge is 0.194 e. The Morgan fingerprint density at radius 2 is 1.86 bits per heavy atom. The number of thiophene rings is 1. The zero-order valence-corrected chi connectivity index (χ0v) is 19.3. The lowest BCUT2D eigenvalue weighted by Crippen LogP contribution is -2.52. The maximum atomic E-state index is 13.7. The van der Waals surface area contributed by atoms with Crippen molar-refractivity contribution in [2.24, 2.45) is 0 Å². The minimum absolute atomic E-state index is 0.00480. The third kappa shape index (κ3) is 4.53. The fourth-order valence-corrected chi connectivity index (χ4v) is 4.98. The molecule has 36 heavy (non-hydrogen) atoms. The van der Waals surface area contributed by atoms with Crippen molar-refractivity contribution in [3.05, 3.63) is 70.3 Å². The zero-order chi connectivity index (χ0) is 25.4. The van der Waals surface area contributed by atoms with Crippen molar-refractivity contribution in [2.45, 2.75) is 43.4 Å². The Morgan fingerprint density at radius 3 is 2.56 bits per heavy atom. The minimum Gasteiger partial charge on any atom is -0.396 e. The number of halogens is 3. The fraction of sp³-hybridized carbons (Fsp3) is 0.364. The molecule has 190 valence electrons. The molecule has 0 unspecified atom stereocenters. The predicted octanol–water partition coefficient (Wildman–Crippen LogP) is 1.85. The van der Waals surface area contributed by atoms with Gasteiger partial charge in [0.2, 0.25) is 0 Å². The number of ether oxygens (including phenoxy) is 1. The Labute approximate surface area is 206 Å². The van der Waals surface area contributed by atoms with Crippen LogP contribution in [0.4, 0.5) is 13.2 Å². The maximum Gasteiger partial charge on any atom is 0.194 e. The summed E-state index contributed by atoms with van der Waals surface area (Å²) in [6.07, 6.45) is -1.85. The van der Waals surface area contributed by atoms with E-state index in [1.807, 2.05) is 17.5 Å². The van der Waals surface area contributed by atoms with Gasteiger partial charge < -0.3 is 24.6 Å². The van der Waals surface area contributed by atoms with Crippen molar-refractivity contribution < 1.29 is 33.2 Å². The summed E-state index contributed by atoms with van der Waals surface area (Å²) in [5.41, 5.74) is -0.0809. The third-order valence-corrected chi connectivity index (χ3v) is 6.89. The van der Waals surface area contributed by atoms with Crippen molar-refractivity contribution in [1.29, 1.82) is 0 Å². The van der Waals surface area contributed by atoms with Crippen molar-refractivity contribution in [3.63, 3.8) is 0 Å². The number of aromatic nitrogens is 6. The molecule has 0 radical (unpaired) electrons. The van der Waals surface area contributed by atoms with Gasteiger partial charge in [0.25, 0.3) is 0 Å². The van der Waals surface area contributed by atoms with E-state index in [1.165, 1.54) is 23.9 Å². The van der Waals surface area contributed by atoms with Crippen LogP contribution in [0.25, 0.3) is 11.3 Å². The number of hydrogen-bond acceptors (Lipinski definition) is 9. The maximum absolute atomic E-state index is 13.7. The summed E-state index contributed by atoms with van der Waals surface area (Å²) in [4.78, 5) is 1.02. The summed E-state index contributed by atoms with van der Waals surface area (Å²) in [7, 11) is 0. The molecule has 1 aromatic carbocycles. The second-order valence-corrected chi connectivity index (χ2v) is 9.35. The quantitative estimate of drug-likeness (QED) is 0.314. The number of hydrogen-bond donors (Lipinski definition) is 3. The minimum atomic E-state index is -1.61. The lowest BCUT2D eigenvalue weighted by molar-refractivity contribution is -0.205. The molecule has 1 aliphatic rings. The Morgan fingerprint density at radius 1 is 1.08 bits per heavy atom. The first kappa shape index (κ1) is 24.5. The molecule has 5 atom stereocenters. The predicted molar refractivity (Wildman–Crippen MR) is 119 cm³/mol. The highest BCUT2D eigenvalue weighted by atomic mass is 32.1. The molecule has 0 aliphatic carbocycles. The molecule has 1 fully saturated rings. The SMILES string of the molecule is OCC[C@H]1O[C@@H](c2nncn2Cc2cccs2)[C@H](O)[C@@H](n2cc(-c3cc(F)c(F)c(F)c3)nn2)[C@H]1O. The van der Waals surface area contributed by atoms with Crippen LogP contribution in [0.3, 0.4) is 0 Å². The van der Waals surface area contributed by atoms with E-state index in [4.69, 9.17) is 4.74 Å². The highest BCUT2D eigenvalue weighted by Gasteiger charge is 2.48. The summed E-state index contributed by atoms with van der Waals surface area (Å²) in [5, 5.41) is 49.6. The molecule has 3 N–H and O–H groups in total. The van der Waals surface area contributed by atoms with Crippen LogP contribution < -0.4 is 0 Å². The largest absolute Gasteiger partial charge is 0.396 e. The van der Waals surface area contributed by atoms with Gasteiger partial charge in [-0.05, 0) is 30.0 Å². The van der Waals surface area contributed by atoms with Crippen LogP contribution in [-0.2, 0) is 11.3 Å². The Kier molecular flexibility index (Phi) is 6.85. The lowest BCUT2D eigenvalue weighted by Gasteiger charge is -2.42. The average Bonchev–Trinajstić information content (AvgIpc) is 3.62. The second kappa shape index (κ2) is 10.1. The second-order valence-electron chi connectivity index (χ2n) is 8.31. The van der Waals surface area contributed by atoms with E-state index in [2.05, 4.69) is 20.5 Å². The number of aliphatic hydroxyl groups excluding tert-OH is 3. The van der Waals surface area contributed by atoms with Crippen LogP contribution in [0.2, 0.25) is 0 Å². The zero-order valence-electron chi connectivity index (χ0n) is 18.5. The molecule has 0 bridgehead atoms. The Hall–Kier alpha value is -3.17. The highest BCUT2D eigenvalue weighted by Crippen LogP contribution is 2.39. The molecule has 0 amide bonds. The molecule has 0 spiro atoms. The molecule has 3 aromatic heterocycles. The molecule has 4 heterocycles. The molecule has 14 heteroatoms. The number of nitrogens with zero attached hydrogens (tertiary/aromatic N) is 6. The Balaban J connectivity index is 1.48. The topological polar surface area (TPSA) is 131 Å². The van der Waals surface area contributed by atoms with Crippen molar-refractivity contribution in [3.8, 4) is 11.3 Å². The number of aliphatic hydroxyl groups is 3. The van der Waals surface area contributed by atoms with Gasteiger partial charge in [-0.15, -0.1) is 26.6 Å². The van der Waals surface area contributed by atoms with Gasteiger partial charge in [-0.1, -0.05) is 11.3 Å². The van der Waals surface area contributed by atoms with Gasteiger partial charge in [0.05, 0.1) is 18.8 Å². The molecular formula is C22H21F3N6O4S. The highest BCUT2D eigenvalue weighted by molar-refractivity contribution is 7.09. The summed E-state index contributed by atoms with van der Waals surface area (Å²) in [6, 6.07) is 4.26. The summed E-state index contributed by atoms with van der Waals surface area (Å²) in [5.74, 6) is -4.08. The molecule has 1 saturated heterocycles. The van der Waals surface area contributed by atoms with Crippen molar-refractivity contribution in [1.82, 2.24) is 29.8 Å². The van der Waals surface area contributed by atoms with Gasteiger partial charge in [-0.2, -0.15) is 0 Å². The summed E-state index contributed by atoms with van der Waals surface area (Å²) in [6.45, 7) is 0.134. The van der Waals surface area contributed by atoms with Gasteiger partial charge in [0, 0.05) is 17.0 Å². The lowest BCUT2D eigenvalue weighted by atomic mass is 9.90. The van der Waals surface area contributed by atoms with Crippen molar-refractivity contribution in [2.75, 3.05) is 6.61 Å². The van der Waals surface area contributed by atoms with E-state index in [-0.39, 0.29) is 24.3 Å². The monoisotopic (exact) mass is 522 g/mol. The Bertz CT molecular complexity index is 1310. The molecule has 4 aromatic rings. The van der Waals surface area contributed by atoms with Crippen LogP contribution in [0.1, 0.15) is 29.3 Å². The van der Waals surface area contributed by atoms with Crippen LogP contribution in [-0.4, -0.2) is 70.0 Å². The first-order valence-electron chi connectivity index (χ1n) is 11.0. The van der Waals surface area contributed by atoms with E-state index < -0.39 is 47.9 Å². The summed E-state index contributed by atoms with van der Waals surface area (Å²) >= 11 is 1.54. The van der Waals surface area contributed by atoms with Gasteiger partial charge in [0.15, 0.2) is 23.3 Å². The van der Waals surface area contributed by atoms with Gasteiger partial charge in [-0.3, -0.25) is 0 Å². The number of rotatable bonds is 7. The van der Waals surface area contributed by atoms with E-state index >= 15 is 0 Å². The molecule has 0 saturated carbocycles. The molecule has 5 rings (SSSR count). The van der Waals surface area contributed by atoms with Crippen LogP contribution in [0, 0.1) is 17.5 Å². The molecule has 10 nitrogen and oxygen atoms in total. The van der Waals surface area contributed by atoms with E-state index in [0.29, 0.717) is 12.4 Å². The first-order chi connectivity index (χ1) is 17.4. The average molecular weight is 523 g/mol. The van der Waals surface area contributed by atoms with Crippen LogP contribution in [0.15, 0.2) is 42.2 Å². The van der Waals surface area contributed by atoms with Crippen LogP contribution >= 0.6 is 11.3 Å². The van der Waals surface area contributed by atoms with E-state index in [9.17, 15) is 28.5 Å². The van der Waals surface area contributed by atoms with E-state index in [0.717, 1.165) is 21.7 Å². The summed E-state index contributed by atoms with van der Waals surface area (Å²) < 4.78 is 49.6. The van der Waals surface area contributed by atoms with E-state index in [1.54, 1.807) is 4.57 Å². The number of benzene rings is 1. The molecular weight excluding hydrogens is 501 g/mol. The van der Waals surface area contributed by atoms with Gasteiger partial charge >= 0.3 is 0 Å². The van der Waals surface area contributed by atoms with Crippen molar-refractivity contribution >= 4 is 11.3 Å². The first-order valence-corrected chi connectivity index (χ1v) is 11.8. The third-order valence-electron chi connectivity index (χ3n) is 6.03.